The van der Waals surface area contributed by atoms with Crippen molar-refractivity contribution in [3.05, 3.63) is 0 Å². The number of nitrogens with zero attached hydrogens (tertiary/aromatic N) is 4. The van der Waals surface area contributed by atoms with Crippen molar-refractivity contribution in [3.63, 3.8) is 0 Å². The average Bonchev–Trinajstić information content (AvgIpc) is 2.94. The van der Waals surface area contributed by atoms with Gasteiger partial charge in [-0.1, -0.05) is 6.92 Å². The molecule has 2 rings (SSSR count). The lowest BCUT2D eigenvalue weighted by molar-refractivity contribution is 0.122. The van der Waals surface area contributed by atoms with Gasteiger partial charge in [0.1, 0.15) is 0 Å². The molecule has 0 bridgehead atoms. The monoisotopic (exact) mass is 480 g/mol. The fourth-order valence-electron chi connectivity index (χ4n) is 3.71. The first-order valence-electron chi connectivity index (χ1n) is 10.1. The second-order valence-corrected chi connectivity index (χ2v) is 8.18. The molecule has 2 aliphatic rings. The van der Waals surface area contributed by atoms with Gasteiger partial charge in [-0.15, -0.1) is 24.0 Å². The molecule has 0 radical (unpaired) electrons. The minimum Gasteiger partial charge on any atom is -0.357 e. The van der Waals surface area contributed by atoms with Crippen molar-refractivity contribution in [3.8, 4) is 0 Å². The zero-order valence-corrected chi connectivity index (χ0v) is 20.0. The van der Waals surface area contributed by atoms with E-state index in [-0.39, 0.29) is 24.0 Å². The van der Waals surface area contributed by atoms with Gasteiger partial charge in [-0.3, -0.25) is 14.8 Å². The first-order valence-corrected chi connectivity index (χ1v) is 10.1. The Morgan fingerprint density at radius 2 is 1.73 bits per heavy atom. The molecule has 154 valence electrons. The number of rotatable bonds is 6. The third-order valence-electron chi connectivity index (χ3n) is 5.71. The number of likely N-dealkylation sites (N-methyl/N-ethyl adjacent to an activating group) is 1. The minimum atomic E-state index is 0. The van der Waals surface area contributed by atoms with Crippen molar-refractivity contribution < 1.29 is 0 Å². The zero-order chi connectivity index (χ0) is 18.4. The summed E-state index contributed by atoms with van der Waals surface area (Å²) < 4.78 is 0. The second-order valence-electron chi connectivity index (χ2n) is 8.18. The molecule has 6 nitrogen and oxygen atoms in total. The predicted octanol–water partition coefficient (Wildman–Crippen LogP) is 1.52. The van der Waals surface area contributed by atoms with E-state index < -0.39 is 0 Å². The standard InChI is InChI=1S/C19H40N6.HI/c1-7-20-19(22-18-14-25(15(2)3)13-16(18)4)21-12-17(5)24-10-8-23(6)9-11-24;/h15-18H,7-14H2,1-6H3,(H2,20,21,22);1H. The fraction of sp³-hybridized carbons (Fsp3) is 0.947. The molecular weight excluding hydrogens is 439 g/mol. The molecular formula is C19H41IN6. The summed E-state index contributed by atoms with van der Waals surface area (Å²) in [5, 5.41) is 7.12. The van der Waals surface area contributed by atoms with Gasteiger partial charge in [0.2, 0.25) is 0 Å². The lowest BCUT2D eigenvalue weighted by Gasteiger charge is -2.36. The van der Waals surface area contributed by atoms with E-state index in [1.807, 2.05) is 0 Å². The lowest BCUT2D eigenvalue weighted by atomic mass is 10.1. The highest BCUT2D eigenvalue weighted by Gasteiger charge is 2.31. The summed E-state index contributed by atoms with van der Waals surface area (Å²) in [5.41, 5.74) is 0. The van der Waals surface area contributed by atoms with E-state index in [0.717, 1.165) is 51.8 Å². The molecule has 2 aliphatic heterocycles. The summed E-state index contributed by atoms with van der Waals surface area (Å²) in [4.78, 5) is 12.4. The number of hydrogen-bond acceptors (Lipinski definition) is 4. The highest BCUT2D eigenvalue weighted by atomic mass is 127. The Morgan fingerprint density at radius 3 is 2.27 bits per heavy atom. The summed E-state index contributed by atoms with van der Waals surface area (Å²) in [7, 11) is 2.20. The average molecular weight is 480 g/mol. The number of nitrogens with one attached hydrogen (secondary N) is 2. The first kappa shape index (κ1) is 23.9. The van der Waals surface area contributed by atoms with Crippen LogP contribution >= 0.6 is 24.0 Å². The Balaban J connectivity index is 0.00000338. The number of piperazine rings is 1. The van der Waals surface area contributed by atoms with Gasteiger partial charge in [0.25, 0.3) is 0 Å². The van der Waals surface area contributed by atoms with E-state index in [1.165, 1.54) is 6.54 Å². The van der Waals surface area contributed by atoms with Crippen LogP contribution in [-0.2, 0) is 0 Å². The molecule has 2 heterocycles. The normalized spacial score (nSPS) is 27.4. The molecule has 0 aliphatic carbocycles. The third kappa shape index (κ3) is 7.13. The van der Waals surface area contributed by atoms with Crippen LogP contribution in [0.4, 0.5) is 0 Å². The van der Waals surface area contributed by atoms with Gasteiger partial charge >= 0.3 is 0 Å². The molecule has 3 atom stereocenters. The highest BCUT2D eigenvalue weighted by molar-refractivity contribution is 14.0. The number of guanidine groups is 1. The number of hydrogen-bond donors (Lipinski definition) is 2. The molecule has 26 heavy (non-hydrogen) atoms. The van der Waals surface area contributed by atoms with Gasteiger partial charge < -0.3 is 15.5 Å². The fourth-order valence-corrected chi connectivity index (χ4v) is 3.71. The number of likely N-dealkylation sites (tertiary alicyclic amines) is 1. The quantitative estimate of drug-likeness (QED) is 0.343. The van der Waals surface area contributed by atoms with Crippen molar-refractivity contribution in [2.75, 3.05) is 59.4 Å². The van der Waals surface area contributed by atoms with Crippen molar-refractivity contribution in [2.24, 2.45) is 10.9 Å². The molecule has 0 saturated carbocycles. The molecule has 3 unspecified atom stereocenters. The van der Waals surface area contributed by atoms with Gasteiger partial charge in [-0.25, -0.2) is 0 Å². The summed E-state index contributed by atoms with van der Waals surface area (Å²) in [6.45, 7) is 20.0. The van der Waals surface area contributed by atoms with E-state index in [4.69, 9.17) is 4.99 Å². The van der Waals surface area contributed by atoms with Gasteiger partial charge in [0.05, 0.1) is 6.54 Å². The maximum atomic E-state index is 4.90. The van der Waals surface area contributed by atoms with E-state index in [9.17, 15) is 0 Å². The van der Waals surface area contributed by atoms with Crippen LogP contribution in [0.1, 0.15) is 34.6 Å². The summed E-state index contributed by atoms with van der Waals surface area (Å²) in [6.07, 6.45) is 0. The second kappa shape index (κ2) is 11.7. The number of halogens is 1. The van der Waals surface area contributed by atoms with Gasteiger partial charge in [0.15, 0.2) is 5.96 Å². The van der Waals surface area contributed by atoms with Gasteiger partial charge in [0, 0.05) is 63.9 Å². The van der Waals surface area contributed by atoms with Crippen LogP contribution in [0, 0.1) is 5.92 Å². The van der Waals surface area contributed by atoms with Crippen LogP contribution in [0.2, 0.25) is 0 Å². The topological polar surface area (TPSA) is 46.1 Å². The molecule has 0 aromatic carbocycles. The van der Waals surface area contributed by atoms with E-state index >= 15 is 0 Å². The molecule has 2 N–H and O–H groups in total. The van der Waals surface area contributed by atoms with Crippen molar-refractivity contribution in [1.82, 2.24) is 25.3 Å². The highest BCUT2D eigenvalue weighted by Crippen LogP contribution is 2.18. The predicted molar refractivity (Wildman–Crippen MR) is 123 cm³/mol. The summed E-state index contributed by atoms with van der Waals surface area (Å²) >= 11 is 0. The maximum Gasteiger partial charge on any atom is 0.191 e. The first-order chi connectivity index (χ1) is 11.9. The lowest BCUT2D eigenvalue weighted by Crippen LogP contribution is -2.50. The van der Waals surface area contributed by atoms with Crippen LogP contribution in [-0.4, -0.2) is 98.2 Å². The maximum absolute atomic E-state index is 4.90. The van der Waals surface area contributed by atoms with Crippen molar-refractivity contribution in [2.45, 2.75) is 52.7 Å². The Kier molecular flexibility index (Phi) is 10.7. The molecule has 7 heteroatoms. The smallest absolute Gasteiger partial charge is 0.191 e. The Hall–Kier alpha value is -0.120. The van der Waals surface area contributed by atoms with E-state index in [2.05, 4.69) is 67.0 Å². The minimum absolute atomic E-state index is 0. The van der Waals surface area contributed by atoms with Crippen LogP contribution in [0.25, 0.3) is 0 Å². The van der Waals surface area contributed by atoms with Gasteiger partial charge in [-0.05, 0) is 40.7 Å². The Labute approximate surface area is 178 Å². The molecule has 2 fully saturated rings. The molecule has 0 aromatic heterocycles. The third-order valence-corrected chi connectivity index (χ3v) is 5.71. The van der Waals surface area contributed by atoms with Crippen LogP contribution in [0.5, 0.6) is 0 Å². The largest absolute Gasteiger partial charge is 0.357 e. The van der Waals surface area contributed by atoms with Gasteiger partial charge in [-0.2, -0.15) is 0 Å². The van der Waals surface area contributed by atoms with Crippen LogP contribution in [0.15, 0.2) is 4.99 Å². The molecule has 0 spiro atoms. The molecule has 0 amide bonds. The van der Waals surface area contributed by atoms with E-state index in [1.54, 1.807) is 0 Å². The zero-order valence-electron chi connectivity index (χ0n) is 17.7. The number of aliphatic imine (C=N–C) groups is 1. The van der Waals surface area contributed by atoms with Crippen molar-refractivity contribution >= 4 is 29.9 Å². The van der Waals surface area contributed by atoms with Crippen molar-refractivity contribution in [1.29, 1.82) is 0 Å². The summed E-state index contributed by atoms with van der Waals surface area (Å²) in [6, 6.07) is 1.60. The summed E-state index contributed by atoms with van der Waals surface area (Å²) in [5.74, 6) is 1.63. The van der Waals surface area contributed by atoms with Crippen LogP contribution < -0.4 is 10.6 Å². The SMILES string of the molecule is CCNC(=NCC(C)N1CCN(C)CC1)NC1CN(C(C)C)CC1C.I. The Bertz CT molecular complexity index is 422. The molecule has 2 saturated heterocycles. The molecule has 0 aromatic rings. The Morgan fingerprint density at radius 1 is 1.08 bits per heavy atom. The van der Waals surface area contributed by atoms with E-state index in [0.29, 0.717) is 24.0 Å². The van der Waals surface area contributed by atoms with Crippen LogP contribution in [0.3, 0.4) is 0 Å².